The molecule has 0 spiro atoms. The molecule has 0 radical (unpaired) electrons. The van der Waals surface area contributed by atoms with E-state index in [0.29, 0.717) is 25.0 Å². The number of fused-ring (bicyclic) bond motifs is 2. The molecule has 1 aliphatic rings. The smallest absolute Gasteiger partial charge is 0.226 e. The number of thiazole rings is 1. The molecule has 31 heavy (non-hydrogen) atoms. The zero-order valence-corrected chi connectivity index (χ0v) is 20.5. The Balaban J connectivity index is 1.63. The lowest BCUT2D eigenvalue weighted by atomic mass is 10.0. The summed E-state index contributed by atoms with van der Waals surface area (Å²) >= 11 is 3.45. The standard InChI is InChI=1S/C24H32N4OS2/c1-5-16(4)25-12-10-21(29)27-24-22(23-26-18-8-6-7-9-19(18)30-23)17-11-13-28(15(2)3)14-20(17)31-24/h6-9,15-16,25H,5,10-14H2,1-4H3,(H,27,29)/t16-/m0/s1. The van der Waals surface area contributed by atoms with Gasteiger partial charge in [-0.15, -0.1) is 22.7 Å². The topological polar surface area (TPSA) is 57.3 Å². The molecule has 0 aliphatic carbocycles. The number of amides is 1. The highest BCUT2D eigenvalue weighted by Crippen LogP contribution is 2.45. The van der Waals surface area contributed by atoms with Crippen LogP contribution in [0, 0.1) is 0 Å². The number of nitrogens with one attached hydrogen (secondary N) is 2. The van der Waals surface area contributed by atoms with Crippen LogP contribution in [0.25, 0.3) is 20.8 Å². The van der Waals surface area contributed by atoms with Gasteiger partial charge in [0.2, 0.25) is 5.91 Å². The fraction of sp³-hybridized carbons (Fsp3) is 0.500. The van der Waals surface area contributed by atoms with Crippen molar-refractivity contribution in [1.82, 2.24) is 15.2 Å². The maximum Gasteiger partial charge on any atom is 0.226 e. The summed E-state index contributed by atoms with van der Waals surface area (Å²) in [6.07, 6.45) is 2.54. The van der Waals surface area contributed by atoms with Crippen molar-refractivity contribution < 1.29 is 4.79 Å². The molecule has 0 bridgehead atoms. The van der Waals surface area contributed by atoms with Crippen molar-refractivity contribution in [3.8, 4) is 10.6 Å². The first-order valence-corrected chi connectivity index (χ1v) is 12.9. The third kappa shape index (κ3) is 5.00. The largest absolute Gasteiger partial charge is 0.317 e. The maximum absolute atomic E-state index is 12.8. The second kappa shape index (κ2) is 9.77. The molecule has 0 saturated heterocycles. The Morgan fingerprint density at radius 1 is 1.23 bits per heavy atom. The SMILES string of the molecule is CC[C@H](C)NCCC(=O)Nc1sc2c(c1-c1nc3ccccc3s1)CCN(C(C)C)C2. The lowest BCUT2D eigenvalue weighted by Crippen LogP contribution is -2.35. The number of rotatable bonds is 8. The van der Waals surface area contributed by atoms with E-state index < -0.39 is 0 Å². The number of carbonyl (C=O) groups excluding carboxylic acids is 1. The minimum absolute atomic E-state index is 0.0671. The van der Waals surface area contributed by atoms with Crippen LogP contribution in [0.3, 0.4) is 0 Å². The zero-order chi connectivity index (χ0) is 22.0. The first-order chi connectivity index (χ1) is 15.0. The molecule has 0 saturated carbocycles. The summed E-state index contributed by atoms with van der Waals surface area (Å²) in [5, 5.41) is 8.62. The Morgan fingerprint density at radius 3 is 2.77 bits per heavy atom. The lowest BCUT2D eigenvalue weighted by Gasteiger charge is -2.30. The summed E-state index contributed by atoms with van der Waals surface area (Å²) in [5.41, 5.74) is 3.54. The van der Waals surface area contributed by atoms with Gasteiger partial charge in [0.05, 0.1) is 10.2 Å². The molecule has 7 heteroatoms. The number of benzene rings is 1. The summed E-state index contributed by atoms with van der Waals surface area (Å²) in [7, 11) is 0. The lowest BCUT2D eigenvalue weighted by molar-refractivity contribution is -0.116. The van der Waals surface area contributed by atoms with Gasteiger partial charge in [0.15, 0.2) is 0 Å². The number of hydrogen-bond donors (Lipinski definition) is 2. The predicted octanol–water partition coefficient (Wildman–Crippen LogP) is 5.51. The highest BCUT2D eigenvalue weighted by Gasteiger charge is 2.28. The Morgan fingerprint density at radius 2 is 2.03 bits per heavy atom. The van der Waals surface area contributed by atoms with Crippen LogP contribution in [0.4, 0.5) is 5.00 Å². The second-order valence-electron chi connectivity index (χ2n) is 8.57. The Hall–Kier alpha value is -1.80. The van der Waals surface area contributed by atoms with Gasteiger partial charge >= 0.3 is 0 Å². The number of para-hydroxylation sites is 1. The molecule has 0 unspecified atom stereocenters. The van der Waals surface area contributed by atoms with Gasteiger partial charge in [0.1, 0.15) is 10.0 Å². The van der Waals surface area contributed by atoms with Crippen molar-refractivity contribution in [2.45, 2.75) is 65.6 Å². The van der Waals surface area contributed by atoms with Crippen LogP contribution in [0.5, 0.6) is 0 Å². The molecule has 1 aliphatic heterocycles. The molecule has 2 aromatic heterocycles. The average Bonchev–Trinajstić information content (AvgIpc) is 3.33. The second-order valence-corrected chi connectivity index (χ2v) is 10.7. The third-order valence-electron chi connectivity index (χ3n) is 6.03. The van der Waals surface area contributed by atoms with E-state index in [-0.39, 0.29) is 5.91 Å². The van der Waals surface area contributed by atoms with E-state index in [1.54, 1.807) is 22.7 Å². The number of thiophene rings is 1. The predicted molar refractivity (Wildman–Crippen MR) is 133 cm³/mol. The minimum atomic E-state index is 0.0671. The Bertz CT molecular complexity index is 1020. The van der Waals surface area contributed by atoms with Crippen LogP contribution in [0.15, 0.2) is 24.3 Å². The van der Waals surface area contributed by atoms with Crippen LogP contribution in [0.2, 0.25) is 0 Å². The summed E-state index contributed by atoms with van der Waals surface area (Å²) in [4.78, 5) is 21.5. The van der Waals surface area contributed by atoms with Crippen molar-refractivity contribution in [3.63, 3.8) is 0 Å². The molecule has 4 rings (SSSR count). The van der Waals surface area contributed by atoms with Crippen molar-refractivity contribution in [1.29, 1.82) is 0 Å². The van der Waals surface area contributed by atoms with Crippen molar-refractivity contribution in [3.05, 3.63) is 34.7 Å². The molecule has 2 N–H and O–H groups in total. The van der Waals surface area contributed by atoms with Crippen LogP contribution < -0.4 is 10.6 Å². The molecule has 1 atom stereocenters. The van der Waals surface area contributed by atoms with E-state index in [1.807, 2.05) is 6.07 Å². The fourth-order valence-corrected chi connectivity index (χ4v) is 6.32. The fourth-order valence-electron chi connectivity index (χ4n) is 3.92. The molecule has 166 valence electrons. The van der Waals surface area contributed by atoms with E-state index >= 15 is 0 Å². The number of anilines is 1. The third-order valence-corrected chi connectivity index (χ3v) is 8.22. The van der Waals surface area contributed by atoms with Crippen molar-refractivity contribution in [2.24, 2.45) is 0 Å². The van der Waals surface area contributed by atoms with Gasteiger partial charge in [-0.3, -0.25) is 9.69 Å². The molecule has 5 nitrogen and oxygen atoms in total. The van der Waals surface area contributed by atoms with Gasteiger partial charge in [-0.25, -0.2) is 4.98 Å². The number of hydrogen-bond acceptors (Lipinski definition) is 6. The van der Waals surface area contributed by atoms with Crippen molar-refractivity contribution >= 4 is 43.8 Å². The Labute approximate surface area is 192 Å². The van der Waals surface area contributed by atoms with Gasteiger partial charge in [-0.1, -0.05) is 19.1 Å². The number of carbonyl (C=O) groups is 1. The first-order valence-electron chi connectivity index (χ1n) is 11.2. The molecular weight excluding hydrogens is 424 g/mol. The van der Waals surface area contributed by atoms with E-state index in [1.165, 1.54) is 15.1 Å². The van der Waals surface area contributed by atoms with Gasteiger partial charge in [0, 0.05) is 48.6 Å². The van der Waals surface area contributed by atoms with E-state index in [0.717, 1.165) is 47.0 Å². The quantitative estimate of drug-likeness (QED) is 0.469. The van der Waals surface area contributed by atoms with Crippen LogP contribution >= 0.6 is 22.7 Å². The maximum atomic E-state index is 12.8. The highest BCUT2D eigenvalue weighted by atomic mass is 32.1. The molecule has 1 amide bonds. The molecule has 3 heterocycles. The normalized spacial score (nSPS) is 15.4. The van der Waals surface area contributed by atoms with Crippen LogP contribution in [0.1, 0.15) is 51.0 Å². The van der Waals surface area contributed by atoms with Crippen LogP contribution in [-0.4, -0.2) is 41.0 Å². The van der Waals surface area contributed by atoms with Crippen molar-refractivity contribution in [2.75, 3.05) is 18.4 Å². The van der Waals surface area contributed by atoms with Gasteiger partial charge in [-0.2, -0.15) is 0 Å². The summed E-state index contributed by atoms with van der Waals surface area (Å²) in [6.45, 7) is 11.5. The van der Waals surface area contributed by atoms with Crippen LogP contribution in [-0.2, 0) is 17.8 Å². The van der Waals surface area contributed by atoms with Gasteiger partial charge in [0.25, 0.3) is 0 Å². The van der Waals surface area contributed by atoms with Gasteiger partial charge < -0.3 is 10.6 Å². The minimum Gasteiger partial charge on any atom is -0.317 e. The Kier molecular flexibility index (Phi) is 7.06. The van der Waals surface area contributed by atoms with Gasteiger partial charge in [-0.05, 0) is 51.3 Å². The molecule has 3 aromatic rings. The summed E-state index contributed by atoms with van der Waals surface area (Å²) in [6, 6.07) is 9.22. The summed E-state index contributed by atoms with van der Waals surface area (Å²) < 4.78 is 1.19. The monoisotopic (exact) mass is 456 g/mol. The van der Waals surface area contributed by atoms with E-state index in [9.17, 15) is 4.79 Å². The molecular formula is C24H32N4OS2. The van der Waals surface area contributed by atoms with E-state index in [2.05, 4.69) is 61.4 Å². The summed E-state index contributed by atoms with van der Waals surface area (Å²) in [5.74, 6) is 0.0671. The molecule has 1 aromatic carbocycles. The first kappa shape index (κ1) is 22.4. The zero-order valence-electron chi connectivity index (χ0n) is 18.8. The van der Waals surface area contributed by atoms with E-state index in [4.69, 9.17) is 4.98 Å². The average molecular weight is 457 g/mol. The molecule has 0 fully saturated rings. The number of nitrogens with zero attached hydrogens (tertiary/aromatic N) is 2. The highest BCUT2D eigenvalue weighted by molar-refractivity contribution is 7.22. The number of aromatic nitrogens is 1.